The molecular weight excluding hydrogens is 357 g/mol. The number of halogens is 3. The van der Waals surface area contributed by atoms with Gasteiger partial charge in [0.25, 0.3) is 0 Å². The summed E-state index contributed by atoms with van der Waals surface area (Å²) >= 11 is 1.14. The van der Waals surface area contributed by atoms with Crippen LogP contribution < -0.4 is 5.32 Å². The zero-order valence-electron chi connectivity index (χ0n) is 12.8. The van der Waals surface area contributed by atoms with Crippen LogP contribution in [0.25, 0.3) is 11.2 Å². The van der Waals surface area contributed by atoms with Crippen LogP contribution in [0.3, 0.4) is 0 Å². The van der Waals surface area contributed by atoms with Crippen molar-refractivity contribution >= 4 is 34.5 Å². The van der Waals surface area contributed by atoms with Gasteiger partial charge in [-0.1, -0.05) is 17.0 Å². The highest BCUT2D eigenvalue weighted by molar-refractivity contribution is 8.00. The number of thioether (sulfide) groups is 1. The summed E-state index contributed by atoms with van der Waals surface area (Å²) in [5, 5.41) is 10.8. The molecule has 0 saturated heterocycles. The number of nitrogens with one attached hydrogen (secondary N) is 1. The first-order valence-corrected chi connectivity index (χ1v) is 7.93. The Balaban J connectivity index is 1.63. The summed E-state index contributed by atoms with van der Waals surface area (Å²) in [7, 11) is 1.69. The molecule has 2 heterocycles. The number of rotatable bonds is 4. The molecule has 0 atom stereocenters. The van der Waals surface area contributed by atoms with Crippen molar-refractivity contribution in [1.82, 2.24) is 25.0 Å². The predicted octanol–water partition coefficient (Wildman–Crippen LogP) is 2.51. The first-order valence-electron chi connectivity index (χ1n) is 6.95. The van der Waals surface area contributed by atoms with Gasteiger partial charge in [0, 0.05) is 12.7 Å². The topological polar surface area (TPSA) is 85.6 Å². The molecule has 0 fully saturated rings. The van der Waals surface area contributed by atoms with Gasteiger partial charge in [0.15, 0.2) is 11.2 Å². The number of nitrogens with zero attached hydrogens (tertiary/aromatic N) is 5. The Morgan fingerprint density at radius 1 is 1.24 bits per heavy atom. The van der Waals surface area contributed by atoms with Crippen molar-refractivity contribution in [1.29, 1.82) is 0 Å². The zero-order valence-corrected chi connectivity index (χ0v) is 13.6. The maximum Gasteiger partial charge on any atom is 0.416 e. The maximum absolute atomic E-state index is 12.5. The molecule has 0 aliphatic heterocycles. The number of aryl methyl sites for hydroxylation is 1. The molecule has 0 bridgehead atoms. The fraction of sp³-hybridized carbons (Fsp3) is 0.214. The number of anilines is 1. The van der Waals surface area contributed by atoms with E-state index in [1.165, 1.54) is 23.1 Å². The van der Waals surface area contributed by atoms with E-state index in [1.54, 1.807) is 7.05 Å². The number of fused-ring (bicyclic) bond motifs is 1. The van der Waals surface area contributed by atoms with Crippen LogP contribution in [0.2, 0.25) is 0 Å². The quantitative estimate of drug-likeness (QED) is 0.563. The molecule has 1 N–H and O–H groups in total. The van der Waals surface area contributed by atoms with E-state index in [9.17, 15) is 18.0 Å². The van der Waals surface area contributed by atoms with Crippen LogP contribution in [-0.4, -0.2) is 36.6 Å². The first kappa shape index (κ1) is 17.1. The van der Waals surface area contributed by atoms with E-state index in [-0.39, 0.29) is 17.3 Å². The molecular formula is C14H11F3N6OS. The van der Waals surface area contributed by atoms with Gasteiger partial charge in [-0.25, -0.2) is 14.6 Å². The molecule has 0 radical (unpaired) electrons. The number of carbonyl (C=O) groups excluding carboxylic acids is 1. The molecule has 11 heteroatoms. The molecule has 2 aromatic heterocycles. The molecule has 1 amide bonds. The molecule has 130 valence electrons. The lowest BCUT2D eigenvalue weighted by Crippen LogP contribution is -2.14. The van der Waals surface area contributed by atoms with Crippen molar-refractivity contribution in [3.8, 4) is 0 Å². The number of benzene rings is 1. The molecule has 0 aliphatic rings. The minimum absolute atomic E-state index is 0.0176. The van der Waals surface area contributed by atoms with Crippen LogP contribution in [0, 0.1) is 0 Å². The number of alkyl halides is 3. The van der Waals surface area contributed by atoms with Gasteiger partial charge in [-0.05, 0) is 24.3 Å². The summed E-state index contributed by atoms with van der Waals surface area (Å²) in [6.07, 6.45) is -3.06. The summed E-state index contributed by atoms with van der Waals surface area (Å²) in [5.41, 5.74) is 0.537. The minimum Gasteiger partial charge on any atom is -0.325 e. The van der Waals surface area contributed by atoms with E-state index < -0.39 is 11.7 Å². The van der Waals surface area contributed by atoms with Crippen LogP contribution in [0.5, 0.6) is 0 Å². The Bertz CT molecular complexity index is 909. The van der Waals surface area contributed by atoms with Gasteiger partial charge in [-0.2, -0.15) is 13.2 Å². The Labute approximate surface area is 143 Å². The Morgan fingerprint density at radius 2 is 1.96 bits per heavy atom. The average Bonchev–Trinajstić information content (AvgIpc) is 2.95. The fourth-order valence-electron chi connectivity index (χ4n) is 2.01. The lowest BCUT2D eigenvalue weighted by Gasteiger charge is -2.08. The van der Waals surface area contributed by atoms with Crippen molar-refractivity contribution in [2.24, 2.45) is 7.05 Å². The third kappa shape index (κ3) is 3.87. The van der Waals surface area contributed by atoms with Crippen LogP contribution in [0.4, 0.5) is 18.9 Å². The number of hydrogen-bond donors (Lipinski definition) is 1. The van der Waals surface area contributed by atoms with E-state index in [2.05, 4.69) is 25.6 Å². The van der Waals surface area contributed by atoms with Crippen molar-refractivity contribution < 1.29 is 18.0 Å². The van der Waals surface area contributed by atoms with E-state index in [0.29, 0.717) is 16.2 Å². The summed E-state index contributed by atoms with van der Waals surface area (Å²) < 4.78 is 39.0. The van der Waals surface area contributed by atoms with Crippen molar-refractivity contribution in [2.45, 2.75) is 11.2 Å². The lowest BCUT2D eigenvalue weighted by molar-refractivity contribution is -0.137. The molecule has 0 aliphatic carbocycles. The minimum atomic E-state index is -4.41. The van der Waals surface area contributed by atoms with Gasteiger partial charge in [-0.15, -0.1) is 5.10 Å². The second-order valence-electron chi connectivity index (χ2n) is 4.98. The van der Waals surface area contributed by atoms with Crippen LogP contribution in [0.15, 0.2) is 35.6 Å². The normalized spacial score (nSPS) is 11.7. The second-order valence-corrected chi connectivity index (χ2v) is 5.94. The summed E-state index contributed by atoms with van der Waals surface area (Å²) in [4.78, 5) is 20.1. The highest BCUT2D eigenvalue weighted by Crippen LogP contribution is 2.30. The molecule has 25 heavy (non-hydrogen) atoms. The van der Waals surface area contributed by atoms with Crippen LogP contribution in [0.1, 0.15) is 5.56 Å². The maximum atomic E-state index is 12.5. The molecule has 0 spiro atoms. The van der Waals surface area contributed by atoms with Gasteiger partial charge in [0.2, 0.25) is 5.91 Å². The van der Waals surface area contributed by atoms with Crippen molar-refractivity contribution in [2.75, 3.05) is 11.1 Å². The SMILES string of the molecule is Cn1nnc2c(SCC(=O)Nc3ccc(C(F)(F)F)cc3)ncnc21. The molecule has 3 rings (SSSR count). The largest absolute Gasteiger partial charge is 0.416 e. The average molecular weight is 368 g/mol. The highest BCUT2D eigenvalue weighted by atomic mass is 32.2. The number of hydrogen-bond acceptors (Lipinski definition) is 6. The van der Waals surface area contributed by atoms with Gasteiger partial charge >= 0.3 is 6.18 Å². The van der Waals surface area contributed by atoms with Gasteiger partial charge in [-0.3, -0.25) is 4.79 Å². The summed E-state index contributed by atoms with van der Waals surface area (Å²) in [5.74, 6) is -0.357. The summed E-state index contributed by atoms with van der Waals surface area (Å²) in [6.45, 7) is 0. The Hall–Kier alpha value is -2.69. The fourth-order valence-corrected chi connectivity index (χ4v) is 2.74. The van der Waals surface area contributed by atoms with E-state index >= 15 is 0 Å². The third-order valence-corrected chi connectivity index (χ3v) is 4.17. The van der Waals surface area contributed by atoms with Crippen LogP contribution >= 0.6 is 11.8 Å². The molecule has 3 aromatic rings. The highest BCUT2D eigenvalue weighted by Gasteiger charge is 2.29. The van der Waals surface area contributed by atoms with Crippen molar-refractivity contribution in [3.63, 3.8) is 0 Å². The Kier molecular flexibility index (Phi) is 4.57. The smallest absolute Gasteiger partial charge is 0.325 e. The van der Waals surface area contributed by atoms with Crippen molar-refractivity contribution in [3.05, 3.63) is 36.2 Å². The van der Waals surface area contributed by atoms with Gasteiger partial charge in [0.05, 0.1) is 11.3 Å². The van der Waals surface area contributed by atoms with E-state index in [0.717, 1.165) is 23.9 Å². The number of amides is 1. The molecule has 1 aromatic carbocycles. The first-order chi connectivity index (χ1) is 11.8. The van der Waals surface area contributed by atoms with E-state index in [4.69, 9.17) is 0 Å². The monoisotopic (exact) mass is 368 g/mol. The third-order valence-electron chi connectivity index (χ3n) is 3.19. The van der Waals surface area contributed by atoms with Gasteiger partial charge < -0.3 is 5.32 Å². The predicted molar refractivity (Wildman–Crippen MR) is 84.9 cm³/mol. The second kappa shape index (κ2) is 6.67. The zero-order chi connectivity index (χ0) is 18.0. The standard InChI is InChI=1S/C14H11F3N6OS/c1-23-12-11(21-22-23)13(19-7-18-12)25-6-10(24)20-9-4-2-8(3-5-9)14(15,16)17/h2-5,7H,6H2,1H3,(H,20,24). The van der Waals surface area contributed by atoms with Gasteiger partial charge in [0.1, 0.15) is 11.4 Å². The lowest BCUT2D eigenvalue weighted by atomic mass is 10.2. The van der Waals surface area contributed by atoms with E-state index in [1.807, 2.05) is 0 Å². The molecule has 0 saturated carbocycles. The Morgan fingerprint density at radius 3 is 2.64 bits per heavy atom. The molecule has 0 unspecified atom stereocenters. The van der Waals surface area contributed by atoms with Crippen LogP contribution in [-0.2, 0) is 18.0 Å². The molecule has 7 nitrogen and oxygen atoms in total. The summed E-state index contributed by atoms with van der Waals surface area (Å²) in [6, 6.07) is 4.24. The number of aromatic nitrogens is 5. The number of carbonyl (C=O) groups is 1.